The van der Waals surface area contributed by atoms with Gasteiger partial charge < -0.3 is 28.4 Å². The van der Waals surface area contributed by atoms with E-state index in [1.165, 1.54) is 0 Å². The number of fused-ring (bicyclic) bond motifs is 2. The maximum Gasteiger partial charge on any atom is 0.344 e. The van der Waals surface area contributed by atoms with E-state index in [1.54, 1.807) is 24.3 Å². The van der Waals surface area contributed by atoms with Gasteiger partial charge in [0.15, 0.2) is 13.2 Å². The SMILES string of the molecule is CC1=CCOc2cc(OCC(=O)OCCCCOC(=O)COc3ccc4c(c3)OCC=C4C)ccc21. The number of hydrogen-bond donors (Lipinski definition) is 0. The molecule has 0 saturated heterocycles. The first-order valence-corrected chi connectivity index (χ1v) is 11.9. The molecule has 0 N–H and O–H groups in total. The lowest BCUT2D eigenvalue weighted by Crippen LogP contribution is -2.17. The lowest BCUT2D eigenvalue weighted by atomic mass is 10.0. The van der Waals surface area contributed by atoms with E-state index in [0.29, 0.717) is 37.6 Å². The van der Waals surface area contributed by atoms with Crippen LogP contribution in [0.2, 0.25) is 0 Å². The molecule has 2 aliphatic rings. The van der Waals surface area contributed by atoms with Gasteiger partial charge >= 0.3 is 11.9 Å². The number of unbranched alkanes of at least 4 members (excludes halogenated alkanes) is 1. The number of allylic oxidation sites excluding steroid dienone is 2. The molecule has 2 aromatic rings. The molecule has 0 spiro atoms. The number of carbonyl (C=O) groups excluding carboxylic acids is 2. The Bertz CT molecular complexity index is 1070. The Balaban J connectivity index is 1.06. The third-order valence-corrected chi connectivity index (χ3v) is 5.79. The highest BCUT2D eigenvalue weighted by Gasteiger charge is 2.14. The summed E-state index contributed by atoms with van der Waals surface area (Å²) in [7, 11) is 0. The van der Waals surface area contributed by atoms with Crippen molar-refractivity contribution in [3.63, 3.8) is 0 Å². The van der Waals surface area contributed by atoms with Crippen molar-refractivity contribution in [2.75, 3.05) is 39.6 Å². The van der Waals surface area contributed by atoms with E-state index in [-0.39, 0.29) is 26.4 Å². The van der Waals surface area contributed by atoms with Crippen LogP contribution in [-0.4, -0.2) is 51.6 Å². The summed E-state index contributed by atoms with van der Waals surface area (Å²) in [6.07, 6.45) is 5.15. The van der Waals surface area contributed by atoms with Crippen LogP contribution in [0, 0.1) is 0 Å². The molecule has 4 rings (SSSR count). The van der Waals surface area contributed by atoms with E-state index in [1.807, 2.05) is 38.1 Å². The lowest BCUT2D eigenvalue weighted by molar-refractivity contribution is -0.148. The van der Waals surface area contributed by atoms with Crippen molar-refractivity contribution in [2.24, 2.45) is 0 Å². The van der Waals surface area contributed by atoms with Gasteiger partial charge in [-0.05, 0) is 74.3 Å². The van der Waals surface area contributed by atoms with Gasteiger partial charge in [-0.15, -0.1) is 0 Å². The Morgan fingerprint density at radius 3 is 1.61 bits per heavy atom. The van der Waals surface area contributed by atoms with Crippen molar-refractivity contribution in [2.45, 2.75) is 26.7 Å². The molecule has 0 fully saturated rings. The molecule has 0 unspecified atom stereocenters. The number of ether oxygens (including phenoxy) is 6. The van der Waals surface area contributed by atoms with E-state index in [9.17, 15) is 9.59 Å². The van der Waals surface area contributed by atoms with Gasteiger partial charge in [-0.3, -0.25) is 0 Å². The molecule has 0 aromatic heterocycles. The smallest absolute Gasteiger partial charge is 0.344 e. The molecular formula is C28H30O8. The average Bonchev–Trinajstić information content (AvgIpc) is 2.88. The zero-order chi connectivity index (χ0) is 25.3. The average molecular weight is 495 g/mol. The van der Waals surface area contributed by atoms with Gasteiger partial charge in [0.2, 0.25) is 0 Å². The molecule has 0 aliphatic carbocycles. The van der Waals surface area contributed by atoms with Crippen molar-refractivity contribution in [3.8, 4) is 23.0 Å². The van der Waals surface area contributed by atoms with Gasteiger partial charge in [0, 0.05) is 23.3 Å². The third-order valence-electron chi connectivity index (χ3n) is 5.79. The molecule has 190 valence electrons. The first-order chi connectivity index (χ1) is 17.5. The molecule has 0 amide bonds. The first kappa shape index (κ1) is 25.2. The standard InChI is InChI=1S/C28H30O8/c1-19-9-13-31-25-15-21(5-7-23(19)25)35-17-27(29)33-11-3-4-12-34-28(30)18-36-22-6-8-24-20(2)10-14-32-26(24)16-22/h5-10,15-16H,3-4,11-14,17-18H2,1-2H3. The van der Waals surface area contributed by atoms with Crippen LogP contribution >= 0.6 is 0 Å². The van der Waals surface area contributed by atoms with Crippen molar-refractivity contribution >= 4 is 23.1 Å². The normalized spacial score (nSPS) is 13.6. The minimum Gasteiger partial charge on any atom is -0.489 e. The van der Waals surface area contributed by atoms with Crippen LogP contribution in [0.5, 0.6) is 23.0 Å². The Labute approximate surface area is 210 Å². The molecular weight excluding hydrogens is 464 g/mol. The second kappa shape index (κ2) is 12.2. The maximum atomic E-state index is 11.9. The number of hydrogen-bond acceptors (Lipinski definition) is 8. The molecule has 0 radical (unpaired) electrons. The summed E-state index contributed by atoms with van der Waals surface area (Å²) in [4.78, 5) is 23.8. The fourth-order valence-corrected chi connectivity index (χ4v) is 3.75. The predicted octanol–water partition coefficient (Wildman–Crippen LogP) is 4.60. The zero-order valence-electron chi connectivity index (χ0n) is 20.5. The highest BCUT2D eigenvalue weighted by molar-refractivity contribution is 5.74. The van der Waals surface area contributed by atoms with Gasteiger partial charge in [-0.2, -0.15) is 0 Å². The van der Waals surface area contributed by atoms with E-state index in [2.05, 4.69) is 0 Å². The molecule has 2 aromatic carbocycles. The quantitative estimate of drug-likeness (QED) is 0.331. The molecule has 0 atom stereocenters. The highest BCUT2D eigenvalue weighted by atomic mass is 16.6. The Kier molecular flexibility index (Phi) is 8.49. The van der Waals surface area contributed by atoms with Gasteiger partial charge in [0.25, 0.3) is 0 Å². The minimum atomic E-state index is -0.463. The molecule has 2 aliphatic heterocycles. The molecule has 36 heavy (non-hydrogen) atoms. The molecule has 8 nitrogen and oxygen atoms in total. The van der Waals surface area contributed by atoms with E-state index >= 15 is 0 Å². The molecule has 0 bridgehead atoms. The van der Waals surface area contributed by atoms with Crippen molar-refractivity contribution in [3.05, 3.63) is 59.7 Å². The van der Waals surface area contributed by atoms with Crippen LogP contribution in [0.1, 0.15) is 37.8 Å². The van der Waals surface area contributed by atoms with E-state index in [4.69, 9.17) is 28.4 Å². The van der Waals surface area contributed by atoms with Crippen LogP contribution in [0.4, 0.5) is 0 Å². The highest BCUT2D eigenvalue weighted by Crippen LogP contribution is 2.33. The zero-order valence-corrected chi connectivity index (χ0v) is 20.5. The van der Waals surface area contributed by atoms with Crippen molar-refractivity contribution in [1.82, 2.24) is 0 Å². The van der Waals surface area contributed by atoms with Crippen LogP contribution in [0.3, 0.4) is 0 Å². The predicted molar refractivity (Wildman–Crippen MR) is 133 cm³/mol. The third kappa shape index (κ3) is 6.81. The summed E-state index contributed by atoms with van der Waals surface area (Å²) in [5, 5.41) is 0. The van der Waals surface area contributed by atoms with E-state index < -0.39 is 11.9 Å². The summed E-state index contributed by atoms with van der Waals surface area (Å²) in [5.74, 6) is 1.65. The fraction of sp³-hybridized carbons (Fsp3) is 0.357. The van der Waals surface area contributed by atoms with Gasteiger partial charge in [-0.25, -0.2) is 9.59 Å². The summed E-state index contributed by atoms with van der Waals surface area (Å²) in [6.45, 7) is 5.15. The van der Waals surface area contributed by atoms with Crippen LogP contribution < -0.4 is 18.9 Å². The lowest BCUT2D eigenvalue weighted by Gasteiger charge is -2.17. The molecule has 2 heterocycles. The Morgan fingerprint density at radius 2 is 1.17 bits per heavy atom. The van der Waals surface area contributed by atoms with Crippen molar-refractivity contribution in [1.29, 1.82) is 0 Å². The summed E-state index contributed by atoms with van der Waals surface area (Å²) < 4.78 is 32.6. The van der Waals surface area contributed by atoms with Crippen LogP contribution in [0.15, 0.2) is 48.6 Å². The second-order valence-corrected chi connectivity index (χ2v) is 8.44. The molecule has 8 heteroatoms. The molecule has 0 saturated carbocycles. The number of esters is 2. The fourth-order valence-electron chi connectivity index (χ4n) is 3.75. The number of carbonyl (C=O) groups is 2. The largest absolute Gasteiger partial charge is 0.489 e. The van der Waals surface area contributed by atoms with Crippen LogP contribution in [0.25, 0.3) is 11.1 Å². The Hall–Kier alpha value is -3.94. The maximum absolute atomic E-state index is 11.9. The number of benzene rings is 2. The summed E-state index contributed by atoms with van der Waals surface area (Å²) >= 11 is 0. The monoisotopic (exact) mass is 494 g/mol. The minimum absolute atomic E-state index is 0.191. The van der Waals surface area contributed by atoms with Gasteiger partial charge in [0.05, 0.1) is 13.2 Å². The summed E-state index contributed by atoms with van der Waals surface area (Å²) in [6, 6.07) is 11.0. The Morgan fingerprint density at radius 1 is 0.722 bits per heavy atom. The second-order valence-electron chi connectivity index (χ2n) is 8.44. The first-order valence-electron chi connectivity index (χ1n) is 11.9. The van der Waals surface area contributed by atoms with E-state index in [0.717, 1.165) is 33.8 Å². The van der Waals surface area contributed by atoms with Crippen molar-refractivity contribution < 1.29 is 38.0 Å². The topological polar surface area (TPSA) is 89.5 Å². The van der Waals surface area contributed by atoms with Crippen LogP contribution in [-0.2, 0) is 19.1 Å². The van der Waals surface area contributed by atoms with Gasteiger partial charge in [0.1, 0.15) is 36.2 Å². The van der Waals surface area contributed by atoms with Gasteiger partial charge in [-0.1, -0.05) is 0 Å². The summed E-state index contributed by atoms with van der Waals surface area (Å²) in [5.41, 5.74) is 4.34. The number of rotatable bonds is 11.